The smallest absolute Gasteiger partial charge is 0.217 e. The van der Waals surface area contributed by atoms with Crippen LogP contribution in [0.1, 0.15) is 19.8 Å². The number of nitrogens with one attached hydrogen (secondary N) is 1. The van der Waals surface area contributed by atoms with Crippen LogP contribution >= 0.6 is 22.6 Å². The van der Waals surface area contributed by atoms with Crippen LogP contribution in [0.25, 0.3) is 0 Å². The number of piperidine rings is 1. The first kappa shape index (κ1) is 11.2. The van der Waals surface area contributed by atoms with E-state index in [1.165, 1.54) is 11.0 Å². The van der Waals surface area contributed by atoms with Gasteiger partial charge in [0.15, 0.2) is 0 Å². The molecular formula is C9H17IN2O. The molecule has 0 aromatic carbocycles. The standard InChI is InChI=1S/C9H17IN2O/c1-8(13)11-9-2-5-12(6-3-9)7-4-10/h9H,2-7H2,1H3,(H,11,13). The van der Waals surface area contributed by atoms with Crippen LogP contribution in [-0.2, 0) is 4.79 Å². The van der Waals surface area contributed by atoms with E-state index in [0.717, 1.165) is 25.9 Å². The molecule has 0 aliphatic carbocycles. The SMILES string of the molecule is CC(=O)NC1CCN(CCI)CC1. The van der Waals surface area contributed by atoms with Gasteiger partial charge in [-0.15, -0.1) is 0 Å². The lowest BCUT2D eigenvalue weighted by Crippen LogP contribution is -2.44. The Bertz CT molecular complexity index is 167. The lowest BCUT2D eigenvalue weighted by molar-refractivity contribution is -0.119. The summed E-state index contributed by atoms with van der Waals surface area (Å²) in [5.41, 5.74) is 0. The molecule has 0 radical (unpaired) electrons. The minimum Gasteiger partial charge on any atom is -0.354 e. The molecule has 0 unspecified atom stereocenters. The molecule has 0 spiro atoms. The van der Waals surface area contributed by atoms with E-state index in [9.17, 15) is 4.79 Å². The number of carbonyl (C=O) groups excluding carboxylic acids is 1. The third-order valence-electron chi connectivity index (χ3n) is 2.40. The highest BCUT2D eigenvalue weighted by molar-refractivity contribution is 14.1. The summed E-state index contributed by atoms with van der Waals surface area (Å²) in [5.74, 6) is 0.104. The van der Waals surface area contributed by atoms with Crippen molar-refractivity contribution in [2.75, 3.05) is 24.1 Å². The normalized spacial score (nSPS) is 20.2. The quantitative estimate of drug-likeness (QED) is 0.623. The van der Waals surface area contributed by atoms with Crippen LogP contribution < -0.4 is 5.32 Å². The zero-order chi connectivity index (χ0) is 9.68. The monoisotopic (exact) mass is 296 g/mol. The van der Waals surface area contributed by atoms with Gasteiger partial charge in [0, 0.05) is 37.0 Å². The molecule has 1 rings (SSSR count). The van der Waals surface area contributed by atoms with Crippen LogP contribution in [0.15, 0.2) is 0 Å². The van der Waals surface area contributed by atoms with Crippen LogP contribution in [0.5, 0.6) is 0 Å². The minimum atomic E-state index is 0.104. The van der Waals surface area contributed by atoms with Gasteiger partial charge in [0.05, 0.1) is 0 Å². The number of alkyl halides is 1. The van der Waals surface area contributed by atoms with Gasteiger partial charge >= 0.3 is 0 Å². The number of halogens is 1. The molecule has 0 aromatic heterocycles. The molecule has 1 N–H and O–H groups in total. The molecule has 3 nitrogen and oxygen atoms in total. The Balaban J connectivity index is 2.18. The molecule has 0 saturated carbocycles. The van der Waals surface area contributed by atoms with Crippen molar-refractivity contribution in [2.45, 2.75) is 25.8 Å². The van der Waals surface area contributed by atoms with Crippen molar-refractivity contribution >= 4 is 28.5 Å². The first-order valence-electron chi connectivity index (χ1n) is 4.78. The maximum Gasteiger partial charge on any atom is 0.217 e. The Morgan fingerprint density at radius 1 is 1.54 bits per heavy atom. The second-order valence-electron chi connectivity index (χ2n) is 3.51. The highest BCUT2D eigenvalue weighted by atomic mass is 127. The molecular weight excluding hydrogens is 279 g/mol. The maximum absolute atomic E-state index is 10.8. The van der Waals surface area contributed by atoms with Crippen molar-refractivity contribution in [1.29, 1.82) is 0 Å². The summed E-state index contributed by atoms with van der Waals surface area (Å²) in [7, 11) is 0. The predicted molar refractivity (Wildman–Crippen MR) is 62.2 cm³/mol. The van der Waals surface area contributed by atoms with Crippen molar-refractivity contribution in [3.8, 4) is 0 Å². The Hall–Kier alpha value is 0.160. The molecule has 0 bridgehead atoms. The molecule has 1 saturated heterocycles. The zero-order valence-corrected chi connectivity index (χ0v) is 10.2. The Kier molecular flexibility index (Phi) is 5.01. The van der Waals surface area contributed by atoms with E-state index in [0.29, 0.717) is 6.04 Å². The predicted octanol–water partition coefficient (Wildman–Crippen LogP) is 1.02. The first-order valence-corrected chi connectivity index (χ1v) is 6.30. The molecule has 1 aliphatic rings. The molecule has 0 aromatic rings. The fraction of sp³-hybridized carbons (Fsp3) is 0.889. The highest BCUT2D eigenvalue weighted by Gasteiger charge is 2.18. The van der Waals surface area contributed by atoms with Crippen molar-refractivity contribution in [2.24, 2.45) is 0 Å². The number of nitrogens with zero attached hydrogens (tertiary/aromatic N) is 1. The fourth-order valence-electron chi connectivity index (χ4n) is 1.71. The van der Waals surface area contributed by atoms with Gasteiger partial charge in [-0.3, -0.25) is 4.79 Å². The third kappa shape index (κ3) is 4.26. The second kappa shape index (κ2) is 5.80. The number of rotatable bonds is 3. The molecule has 1 fully saturated rings. The number of hydrogen-bond donors (Lipinski definition) is 1. The topological polar surface area (TPSA) is 32.3 Å². The van der Waals surface area contributed by atoms with Crippen LogP contribution in [0, 0.1) is 0 Å². The largest absolute Gasteiger partial charge is 0.354 e. The van der Waals surface area contributed by atoms with Crippen molar-refractivity contribution in [1.82, 2.24) is 10.2 Å². The molecule has 1 heterocycles. The zero-order valence-electron chi connectivity index (χ0n) is 8.05. The molecule has 4 heteroatoms. The minimum absolute atomic E-state index is 0.104. The molecule has 1 amide bonds. The van der Waals surface area contributed by atoms with Crippen LogP contribution in [0.2, 0.25) is 0 Å². The molecule has 0 atom stereocenters. The van der Waals surface area contributed by atoms with Crippen LogP contribution in [0.4, 0.5) is 0 Å². The van der Waals surface area contributed by atoms with Gasteiger partial charge < -0.3 is 10.2 Å². The van der Waals surface area contributed by atoms with Crippen LogP contribution in [0.3, 0.4) is 0 Å². The van der Waals surface area contributed by atoms with Crippen molar-refractivity contribution in [3.05, 3.63) is 0 Å². The number of amides is 1. The summed E-state index contributed by atoms with van der Waals surface area (Å²) in [6.45, 7) is 5.05. The van der Waals surface area contributed by atoms with E-state index in [2.05, 4.69) is 32.8 Å². The Labute approximate surface area is 93.4 Å². The van der Waals surface area contributed by atoms with Gasteiger partial charge in [-0.1, -0.05) is 22.6 Å². The van der Waals surface area contributed by atoms with E-state index in [1.807, 2.05) is 0 Å². The van der Waals surface area contributed by atoms with E-state index in [1.54, 1.807) is 6.92 Å². The summed E-state index contributed by atoms with van der Waals surface area (Å²) < 4.78 is 1.20. The van der Waals surface area contributed by atoms with E-state index >= 15 is 0 Å². The average Bonchev–Trinajstić information content (AvgIpc) is 2.08. The fourth-order valence-corrected chi connectivity index (χ4v) is 2.39. The molecule has 13 heavy (non-hydrogen) atoms. The molecule has 1 aliphatic heterocycles. The number of carbonyl (C=O) groups is 1. The second-order valence-corrected chi connectivity index (χ2v) is 4.58. The number of likely N-dealkylation sites (tertiary alicyclic amines) is 1. The highest BCUT2D eigenvalue weighted by Crippen LogP contribution is 2.10. The van der Waals surface area contributed by atoms with Crippen molar-refractivity contribution < 1.29 is 4.79 Å². The Morgan fingerprint density at radius 2 is 2.15 bits per heavy atom. The van der Waals surface area contributed by atoms with Crippen LogP contribution in [-0.4, -0.2) is 40.9 Å². The summed E-state index contributed by atoms with van der Waals surface area (Å²) in [6.07, 6.45) is 2.21. The van der Waals surface area contributed by atoms with Gasteiger partial charge in [0.2, 0.25) is 5.91 Å². The number of hydrogen-bond acceptors (Lipinski definition) is 2. The lowest BCUT2D eigenvalue weighted by Gasteiger charge is -2.31. The summed E-state index contributed by atoms with van der Waals surface area (Å²) in [6, 6.07) is 0.419. The van der Waals surface area contributed by atoms with Gasteiger partial charge in [-0.05, 0) is 12.8 Å². The van der Waals surface area contributed by atoms with E-state index in [-0.39, 0.29) is 5.91 Å². The van der Waals surface area contributed by atoms with Gasteiger partial charge in [0.1, 0.15) is 0 Å². The van der Waals surface area contributed by atoms with Crippen molar-refractivity contribution in [3.63, 3.8) is 0 Å². The van der Waals surface area contributed by atoms with Gasteiger partial charge in [-0.2, -0.15) is 0 Å². The maximum atomic E-state index is 10.8. The third-order valence-corrected chi connectivity index (χ3v) is 2.88. The average molecular weight is 296 g/mol. The first-order chi connectivity index (χ1) is 6.22. The lowest BCUT2D eigenvalue weighted by atomic mass is 10.1. The Morgan fingerprint density at radius 3 is 2.62 bits per heavy atom. The van der Waals surface area contributed by atoms with Gasteiger partial charge in [0.25, 0.3) is 0 Å². The van der Waals surface area contributed by atoms with E-state index < -0.39 is 0 Å². The van der Waals surface area contributed by atoms with Gasteiger partial charge in [-0.25, -0.2) is 0 Å². The molecule has 76 valence electrons. The summed E-state index contributed by atoms with van der Waals surface area (Å²) in [5, 5.41) is 2.98. The summed E-state index contributed by atoms with van der Waals surface area (Å²) in [4.78, 5) is 13.3. The van der Waals surface area contributed by atoms with E-state index in [4.69, 9.17) is 0 Å². The summed E-state index contributed by atoms with van der Waals surface area (Å²) >= 11 is 2.40.